The first-order valence-corrected chi connectivity index (χ1v) is 15.2. The third-order valence-electron chi connectivity index (χ3n) is 10.4. The number of carbonyl (C=O) groups is 2. The fourth-order valence-electron chi connectivity index (χ4n) is 8.80. The Morgan fingerprint density at radius 1 is 0.974 bits per heavy atom. The molecule has 3 atom stereocenters. The standard InChI is InChI=1S/C30H41ClFN3O3/c31-24-12-11-21(14-25(24)32)38-16-26(36)34-28-17-29(18-28,19-28)35-27(37)22-15-33-30(13-7-6-10-23(22)30)20-8-4-2-1-3-5-9-20/h11-12,14,20,22-23,33H,1-10,13,15-19H2,(H,34,36)(H,35,37). The van der Waals surface area contributed by atoms with E-state index in [-0.39, 0.29) is 51.7 Å². The van der Waals surface area contributed by atoms with Gasteiger partial charge in [0.1, 0.15) is 11.6 Å². The van der Waals surface area contributed by atoms with Crippen molar-refractivity contribution in [2.45, 2.75) is 107 Å². The SMILES string of the molecule is O=C(COc1ccc(Cl)c(F)c1)NC12CC(NC(=O)C3CNC4(C5CCCCCCC5)CCCCC34)(C1)C2. The van der Waals surface area contributed by atoms with Gasteiger partial charge in [0, 0.05) is 29.2 Å². The summed E-state index contributed by atoms with van der Waals surface area (Å²) >= 11 is 5.70. The average molecular weight is 546 g/mol. The smallest absolute Gasteiger partial charge is 0.258 e. The van der Waals surface area contributed by atoms with Crippen LogP contribution in [0.4, 0.5) is 4.39 Å². The lowest BCUT2D eigenvalue weighted by Crippen LogP contribution is -2.84. The topological polar surface area (TPSA) is 79.5 Å². The van der Waals surface area contributed by atoms with Crippen LogP contribution in [0.2, 0.25) is 5.02 Å². The van der Waals surface area contributed by atoms with E-state index in [9.17, 15) is 14.0 Å². The number of rotatable bonds is 7. The van der Waals surface area contributed by atoms with Crippen molar-refractivity contribution in [1.29, 1.82) is 0 Å². The van der Waals surface area contributed by atoms with E-state index in [2.05, 4.69) is 16.0 Å². The third kappa shape index (κ3) is 4.83. The summed E-state index contributed by atoms with van der Waals surface area (Å²) in [6.07, 6.45) is 16.6. The molecule has 0 radical (unpaired) electrons. The van der Waals surface area contributed by atoms with Gasteiger partial charge in [0.25, 0.3) is 5.91 Å². The molecule has 6 nitrogen and oxygen atoms in total. The van der Waals surface area contributed by atoms with Crippen LogP contribution >= 0.6 is 11.6 Å². The molecule has 7 rings (SSSR count). The summed E-state index contributed by atoms with van der Waals surface area (Å²) in [7, 11) is 0. The first kappa shape index (κ1) is 26.4. The second-order valence-corrected chi connectivity index (χ2v) is 13.3. The maximum atomic E-state index is 13.6. The molecular formula is C30H41ClFN3O3. The number of fused-ring (bicyclic) bond motifs is 1. The quantitative estimate of drug-likeness (QED) is 0.436. The van der Waals surface area contributed by atoms with Crippen LogP contribution in [0.5, 0.6) is 5.75 Å². The van der Waals surface area contributed by atoms with Crippen molar-refractivity contribution in [1.82, 2.24) is 16.0 Å². The number of amides is 2. The maximum Gasteiger partial charge on any atom is 0.258 e. The van der Waals surface area contributed by atoms with Crippen LogP contribution in [0.1, 0.15) is 89.9 Å². The van der Waals surface area contributed by atoms with Gasteiger partial charge in [-0.3, -0.25) is 9.59 Å². The molecule has 3 unspecified atom stereocenters. The van der Waals surface area contributed by atoms with Crippen molar-refractivity contribution in [3.8, 4) is 5.75 Å². The minimum atomic E-state index is -0.575. The first-order valence-electron chi connectivity index (χ1n) is 14.8. The van der Waals surface area contributed by atoms with Gasteiger partial charge < -0.3 is 20.7 Å². The van der Waals surface area contributed by atoms with Gasteiger partial charge in [0.15, 0.2) is 6.61 Å². The summed E-state index contributed by atoms with van der Waals surface area (Å²) in [6.45, 7) is 0.619. The third-order valence-corrected chi connectivity index (χ3v) is 10.7. The van der Waals surface area contributed by atoms with E-state index in [1.165, 1.54) is 76.3 Å². The summed E-state index contributed by atoms with van der Waals surface area (Å²) < 4.78 is 19.0. The van der Waals surface area contributed by atoms with E-state index in [0.29, 0.717) is 11.8 Å². The molecule has 1 saturated heterocycles. The van der Waals surface area contributed by atoms with Crippen molar-refractivity contribution < 1.29 is 18.7 Å². The number of ether oxygens (including phenoxy) is 1. The summed E-state index contributed by atoms with van der Waals surface area (Å²) in [6, 6.07) is 4.13. The molecule has 0 aromatic heterocycles. The molecule has 0 spiro atoms. The molecule has 6 fully saturated rings. The van der Waals surface area contributed by atoms with E-state index < -0.39 is 5.82 Å². The predicted octanol–water partition coefficient (Wildman–Crippen LogP) is 5.27. The lowest BCUT2D eigenvalue weighted by molar-refractivity contribution is -0.153. The number of nitrogens with one attached hydrogen (secondary N) is 3. The Balaban J connectivity index is 1.01. The highest BCUT2D eigenvalue weighted by Gasteiger charge is 2.70. The van der Waals surface area contributed by atoms with Crippen molar-refractivity contribution in [3.63, 3.8) is 0 Å². The fourth-order valence-corrected chi connectivity index (χ4v) is 8.92. The highest BCUT2D eigenvalue weighted by molar-refractivity contribution is 6.30. The van der Waals surface area contributed by atoms with Gasteiger partial charge in [-0.05, 0) is 68.9 Å². The Bertz CT molecular complexity index is 1060. The Hall–Kier alpha value is -1.86. The summed E-state index contributed by atoms with van der Waals surface area (Å²) in [5.74, 6) is 0.869. The molecule has 8 heteroatoms. The van der Waals surface area contributed by atoms with Crippen molar-refractivity contribution >= 4 is 23.4 Å². The van der Waals surface area contributed by atoms with E-state index in [0.717, 1.165) is 32.2 Å². The van der Waals surface area contributed by atoms with Gasteiger partial charge in [-0.1, -0.05) is 56.5 Å². The summed E-state index contributed by atoms with van der Waals surface area (Å²) in [4.78, 5) is 26.1. The Morgan fingerprint density at radius 2 is 1.66 bits per heavy atom. The van der Waals surface area contributed by atoms with Crippen LogP contribution in [-0.4, -0.2) is 41.6 Å². The van der Waals surface area contributed by atoms with Gasteiger partial charge in [0.05, 0.1) is 10.9 Å². The predicted molar refractivity (Wildman–Crippen MR) is 144 cm³/mol. The van der Waals surface area contributed by atoms with Crippen LogP contribution in [0.25, 0.3) is 0 Å². The van der Waals surface area contributed by atoms with Crippen LogP contribution in [-0.2, 0) is 9.59 Å². The normalized spacial score (nSPS) is 36.6. The molecular weight excluding hydrogens is 505 g/mol. The molecule has 208 valence electrons. The van der Waals surface area contributed by atoms with Gasteiger partial charge >= 0.3 is 0 Å². The van der Waals surface area contributed by atoms with Crippen LogP contribution in [0, 0.1) is 23.6 Å². The zero-order valence-electron chi connectivity index (χ0n) is 22.3. The molecule has 1 aromatic carbocycles. The van der Waals surface area contributed by atoms with Gasteiger partial charge in [-0.15, -0.1) is 0 Å². The number of hydrogen-bond donors (Lipinski definition) is 3. The molecule has 1 aromatic rings. The average Bonchev–Trinajstić information content (AvgIpc) is 3.23. The van der Waals surface area contributed by atoms with Crippen LogP contribution in [0.3, 0.4) is 0 Å². The molecule has 6 aliphatic rings. The second kappa shape index (κ2) is 10.3. The fraction of sp³-hybridized carbons (Fsp3) is 0.733. The molecule has 3 N–H and O–H groups in total. The lowest BCUT2D eigenvalue weighted by atomic mass is 9.44. The Kier molecular flexibility index (Phi) is 7.13. The molecule has 5 aliphatic carbocycles. The van der Waals surface area contributed by atoms with Crippen molar-refractivity contribution in [3.05, 3.63) is 29.0 Å². The van der Waals surface area contributed by atoms with Crippen molar-refractivity contribution in [2.75, 3.05) is 13.2 Å². The van der Waals surface area contributed by atoms with E-state index in [4.69, 9.17) is 16.3 Å². The van der Waals surface area contributed by atoms with Gasteiger partial charge in [-0.2, -0.15) is 0 Å². The van der Waals surface area contributed by atoms with E-state index >= 15 is 0 Å². The molecule has 2 bridgehead atoms. The largest absolute Gasteiger partial charge is 0.484 e. The monoisotopic (exact) mass is 545 g/mol. The zero-order chi connectivity index (χ0) is 26.4. The number of halogens is 2. The zero-order valence-corrected chi connectivity index (χ0v) is 23.0. The van der Waals surface area contributed by atoms with E-state index in [1.54, 1.807) is 6.07 Å². The minimum absolute atomic E-state index is 0.0189. The van der Waals surface area contributed by atoms with Crippen molar-refractivity contribution in [2.24, 2.45) is 17.8 Å². The molecule has 2 amide bonds. The number of hydrogen-bond acceptors (Lipinski definition) is 4. The van der Waals surface area contributed by atoms with Crippen LogP contribution < -0.4 is 20.7 Å². The van der Waals surface area contributed by atoms with E-state index in [1.807, 2.05) is 0 Å². The summed E-state index contributed by atoms with van der Waals surface area (Å²) in [5.41, 5.74) is -0.274. The Morgan fingerprint density at radius 3 is 2.39 bits per heavy atom. The molecule has 38 heavy (non-hydrogen) atoms. The van der Waals surface area contributed by atoms with Gasteiger partial charge in [-0.25, -0.2) is 4.39 Å². The highest BCUT2D eigenvalue weighted by Crippen LogP contribution is 2.60. The molecule has 1 heterocycles. The first-order chi connectivity index (χ1) is 18.3. The number of carbonyl (C=O) groups excluding carboxylic acids is 2. The minimum Gasteiger partial charge on any atom is -0.484 e. The summed E-state index contributed by atoms with van der Waals surface area (Å²) in [5, 5.41) is 10.5. The number of benzene rings is 1. The Labute approximate surface area is 230 Å². The lowest BCUT2D eigenvalue weighted by Gasteiger charge is -2.70. The highest BCUT2D eigenvalue weighted by atomic mass is 35.5. The maximum absolute atomic E-state index is 13.6. The second-order valence-electron chi connectivity index (χ2n) is 12.9. The molecule has 1 aliphatic heterocycles. The molecule has 5 saturated carbocycles. The van der Waals surface area contributed by atoms with Gasteiger partial charge in [0.2, 0.25) is 5.91 Å². The van der Waals surface area contributed by atoms with Crippen LogP contribution in [0.15, 0.2) is 18.2 Å².